The molecular weight excluding hydrogens is 200 g/mol. The number of hydrogen-bond donors (Lipinski definition) is 1. The summed E-state index contributed by atoms with van der Waals surface area (Å²) in [6.45, 7) is 2.93. The molecule has 84 valence electrons. The lowest BCUT2D eigenvalue weighted by atomic mass is 10.1. The number of halogens is 2. The summed E-state index contributed by atoms with van der Waals surface area (Å²) in [5.74, 6) is -0.819. The fourth-order valence-corrected chi connectivity index (χ4v) is 1.33. The molecule has 0 heterocycles. The van der Waals surface area contributed by atoms with Crippen molar-refractivity contribution in [1.29, 1.82) is 0 Å². The van der Waals surface area contributed by atoms with E-state index >= 15 is 0 Å². The van der Waals surface area contributed by atoms with Crippen LogP contribution in [0.5, 0.6) is 0 Å². The first-order valence-electron chi connectivity index (χ1n) is 4.82. The molecule has 0 fully saturated rings. The Kier molecular flexibility index (Phi) is 4.65. The zero-order chi connectivity index (χ0) is 11.3. The van der Waals surface area contributed by atoms with Crippen LogP contribution in [-0.2, 0) is 4.74 Å². The number of benzene rings is 1. The first-order valence-corrected chi connectivity index (χ1v) is 4.82. The normalized spacial score (nSPS) is 12.8. The molecule has 0 saturated carbocycles. The van der Waals surface area contributed by atoms with E-state index in [-0.39, 0.29) is 6.04 Å². The van der Waals surface area contributed by atoms with Gasteiger partial charge in [0.1, 0.15) is 11.6 Å². The van der Waals surface area contributed by atoms with Gasteiger partial charge in [0.05, 0.1) is 6.61 Å². The fraction of sp³-hybridized carbons (Fsp3) is 0.455. The molecule has 0 saturated heterocycles. The molecule has 0 unspecified atom stereocenters. The molecule has 0 amide bonds. The Labute approximate surface area is 88.3 Å². The molecule has 0 aromatic heterocycles. The molecule has 0 bridgehead atoms. The zero-order valence-corrected chi connectivity index (χ0v) is 8.89. The Morgan fingerprint density at radius 2 is 2.13 bits per heavy atom. The Hall–Kier alpha value is -1.00. The molecular formula is C11H15F2NO. The highest BCUT2D eigenvalue weighted by atomic mass is 19.1. The smallest absolute Gasteiger partial charge is 0.128 e. The SMILES string of the molecule is COCCN[C@H](C)c1cc(F)ccc1F. The van der Waals surface area contributed by atoms with Gasteiger partial charge >= 0.3 is 0 Å². The van der Waals surface area contributed by atoms with Crippen molar-refractivity contribution >= 4 is 0 Å². The van der Waals surface area contributed by atoms with Gasteiger partial charge in [0.2, 0.25) is 0 Å². The lowest BCUT2D eigenvalue weighted by Gasteiger charge is -2.14. The van der Waals surface area contributed by atoms with Gasteiger partial charge in [-0.15, -0.1) is 0 Å². The molecule has 2 nitrogen and oxygen atoms in total. The number of hydrogen-bond acceptors (Lipinski definition) is 2. The van der Waals surface area contributed by atoms with Crippen LogP contribution in [0.3, 0.4) is 0 Å². The van der Waals surface area contributed by atoms with Crippen molar-refractivity contribution in [2.24, 2.45) is 0 Å². The van der Waals surface area contributed by atoms with Gasteiger partial charge in [-0.1, -0.05) is 0 Å². The van der Waals surface area contributed by atoms with E-state index in [1.165, 1.54) is 6.07 Å². The summed E-state index contributed by atoms with van der Waals surface area (Å²) in [5, 5.41) is 3.04. The predicted molar refractivity (Wildman–Crippen MR) is 54.7 cm³/mol. The van der Waals surface area contributed by atoms with Gasteiger partial charge in [-0.2, -0.15) is 0 Å². The van der Waals surface area contributed by atoms with Gasteiger partial charge in [-0.3, -0.25) is 0 Å². The topological polar surface area (TPSA) is 21.3 Å². The molecule has 0 aliphatic carbocycles. The molecule has 1 aromatic carbocycles. The van der Waals surface area contributed by atoms with Crippen LogP contribution in [0.1, 0.15) is 18.5 Å². The van der Waals surface area contributed by atoms with E-state index in [1.807, 2.05) is 0 Å². The quantitative estimate of drug-likeness (QED) is 0.761. The summed E-state index contributed by atoms with van der Waals surface area (Å²) in [5.41, 5.74) is 0.339. The maximum Gasteiger partial charge on any atom is 0.128 e. The van der Waals surface area contributed by atoms with Gasteiger partial charge in [0, 0.05) is 25.3 Å². The molecule has 1 atom stereocenters. The Balaban J connectivity index is 2.64. The van der Waals surface area contributed by atoms with E-state index in [2.05, 4.69) is 5.32 Å². The summed E-state index contributed by atoms with van der Waals surface area (Å²) < 4.78 is 31.0. The lowest BCUT2D eigenvalue weighted by Crippen LogP contribution is -2.23. The van der Waals surface area contributed by atoms with Crippen molar-refractivity contribution < 1.29 is 13.5 Å². The lowest BCUT2D eigenvalue weighted by molar-refractivity contribution is 0.196. The first-order chi connectivity index (χ1) is 7.15. The first kappa shape index (κ1) is 12.1. The standard InChI is InChI=1S/C11H15F2NO/c1-8(14-5-6-15-2)10-7-9(12)3-4-11(10)13/h3-4,7-8,14H,5-6H2,1-2H3/t8-/m1/s1. The Morgan fingerprint density at radius 3 is 2.80 bits per heavy atom. The third-order valence-electron chi connectivity index (χ3n) is 2.18. The highest BCUT2D eigenvalue weighted by molar-refractivity contribution is 5.21. The Morgan fingerprint density at radius 1 is 1.40 bits per heavy atom. The monoisotopic (exact) mass is 215 g/mol. The predicted octanol–water partition coefficient (Wildman–Crippen LogP) is 2.26. The minimum atomic E-state index is -0.424. The van der Waals surface area contributed by atoms with Gasteiger partial charge in [0.15, 0.2) is 0 Å². The van der Waals surface area contributed by atoms with Gasteiger partial charge < -0.3 is 10.1 Å². The highest BCUT2D eigenvalue weighted by Crippen LogP contribution is 2.17. The van der Waals surface area contributed by atoms with Crippen LogP contribution in [0.4, 0.5) is 8.78 Å². The third kappa shape index (κ3) is 3.57. The second-order valence-corrected chi connectivity index (χ2v) is 3.33. The van der Waals surface area contributed by atoms with E-state index in [9.17, 15) is 8.78 Å². The van der Waals surface area contributed by atoms with E-state index in [4.69, 9.17) is 4.74 Å². The maximum absolute atomic E-state index is 13.3. The number of rotatable bonds is 5. The van der Waals surface area contributed by atoms with Gasteiger partial charge in [0.25, 0.3) is 0 Å². The van der Waals surface area contributed by atoms with Crippen molar-refractivity contribution in [2.45, 2.75) is 13.0 Å². The summed E-state index contributed by atoms with van der Waals surface area (Å²) >= 11 is 0. The summed E-state index contributed by atoms with van der Waals surface area (Å²) in [7, 11) is 1.59. The minimum absolute atomic E-state index is 0.226. The summed E-state index contributed by atoms with van der Waals surface area (Å²) in [6.07, 6.45) is 0. The van der Waals surface area contributed by atoms with Crippen LogP contribution in [0.25, 0.3) is 0 Å². The van der Waals surface area contributed by atoms with Crippen molar-refractivity contribution in [1.82, 2.24) is 5.32 Å². The van der Waals surface area contributed by atoms with E-state index in [0.717, 1.165) is 12.1 Å². The largest absolute Gasteiger partial charge is 0.383 e. The molecule has 1 rings (SSSR count). The summed E-state index contributed by atoms with van der Waals surface area (Å²) in [4.78, 5) is 0. The molecule has 0 spiro atoms. The van der Waals surface area contributed by atoms with Crippen LogP contribution < -0.4 is 5.32 Å². The number of ether oxygens (including phenoxy) is 1. The molecule has 15 heavy (non-hydrogen) atoms. The van der Waals surface area contributed by atoms with Gasteiger partial charge in [-0.25, -0.2) is 8.78 Å². The molecule has 1 N–H and O–H groups in total. The van der Waals surface area contributed by atoms with Crippen LogP contribution in [0, 0.1) is 11.6 Å². The average molecular weight is 215 g/mol. The molecule has 0 radical (unpaired) electrons. The van der Waals surface area contributed by atoms with E-state index in [1.54, 1.807) is 14.0 Å². The van der Waals surface area contributed by atoms with Crippen molar-refractivity contribution in [3.8, 4) is 0 Å². The third-order valence-corrected chi connectivity index (χ3v) is 2.18. The minimum Gasteiger partial charge on any atom is -0.383 e. The van der Waals surface area contributed by atoms with Crippen LogP contribution >= 0.6 is 0 Å². The van der Waals surface area contributed by atoms with Crippen LogP contribution in [0.15, 0.2) is 18.2 Å². The highest BCUT2D eigenvalue weighted by Gasteiger charge is 2.10. The molecule has 0 aliphatic rings. The van der Waals surface area contributed by atoms with Gasteiger partial charge in [-0.05, 0) is 25.1 Å². The van der Waals surface area contributed by atoms with Crippen LogP contribution in [0.2, 0.25) is 0 Å². The van der Waals surface area contributed by atoms with Crippen molar-refractivity contribution in [2.75, 3.05) is 20.3 Å². The summed E-state index contributed by atoms with van der Waals surface area (Å²) in [6, 6.07) is 3.23. The van der Waals surface area contributed by atoms with Crippen LogP contribution in [-0.4, -0.2) is 20.3 Å². The number of methoxy groups -OCH3 is 1. The van der Waals surface area contributed by atoms with Crippen molar-refractivity contribution in [3.63, 3.8) is 0 Å². The second kappa shape index (κ2) is 5.78. The Bertz CT molecular complexity index is 317. The van der Waals surface area contributed by atoms with Crippen molar-refractivity contribution in [3.05, 3.63) is 35.4 Å². The second-order valence-electron chi connectivity index (χ2n) is 3.33. The molecule has 0 aliphatic heterocycles. The average Bonchev–Trinajstić information content (AvgIpc) is 2.22. The molecule has 1 aromatic rings. The number of nitrogens with one attached hydrogen (secondary N) is 1. The zero-order valence-electron chi connectivity index (χ0n) is 8.89. The van der Waals surface area contributed by atoms with E-state index in [0.29, 0.717) is 18.7 Å². The fourth-order valence-electron chi connectivity index (χ4n) is 1.33. The van der Waals surface area contributed by atoms with E-state index < -0.39 is 11.6 Å². The molecule has 4 heteroatoms. The maximum atomic E-state index is 13.3.